The maximum atomic E-state index is 13.8. The van der Waals surface area contributed by atoms with Crippen molar-refractivity contribution in [1.29, 1.82) is 0 Å². The van der Waals surface area contributed by atoms with Gasteiger partial charge in [-0.25, -0.2) is 4.39 Å². The van der Waals surface area contributed by atoms with Crippen molar-refractivity contribution < 1.29 is 14.3 Å². The lowest BCUT2D eigenvalue weighted by atomic mass is 10.1. The molecule has 5 heteroatoms. The summed E-state index contributed by atoms with van der Waals surface area (Å²) in [4.78, 5) is 11.8. The Hall–Kier alpha value is -1.51. The molecular weight excluding hydrogens is 277 g/mol. The lowest BCUT2D eigenvalue weighted by Gasteiger charge is -2.09. The van der Waals surface area contributed by atoms with Crippen LogP contribution in [0.3, 0.4) is 0 Å². The number of aliphatic hydroxyl groups excluding tert-OH is 1. The van der Waals surface area contributed by atoms with E-state index in [9.17, 15) is 9.18 Å². The summed E-state index contributed by atoms with van der Waals surface area (Å²) in [6, 6.07) is 4.16. The average Bonchev–Trinajstić information content (AvgIpc) is 2.44. The highest BCUT2D eigenvalue weighted by molar-refractivity contribution is 7.99. The van der Waals surface area contributed by atoms with Gasteiger partial charge in [0.2, 0.25) is 0 Å². The minimum Gasteiger partial charge on any atom is -0.384 e. The zero-order valence-electron chi connectivity index (χ0n) is 11.6. The molecule has 1 atom stereocenters. The van der Waals surface area contributed by atoms with Gasteiger partial charge in [0.05, 0.1) is 5.56 Å². The molecule has 0 bridgehead atoms. The number of carbonyl (C=O) groups is 1. The fourth-order valence-corrected chi connectivity index (χ4v) is 1.87. The van der Waals surface area contributed by atoms with Crippen LogP contribution >= 0.6 is 11.8 Å². The molecule has 0 aliphatic carbocycles. The highest BCUT2D eigenvalue weighted by atomic mass is 32.2. The highest BCUT2D eigenvalue weighted by Crippen LogP contribution is 2.11. The van der Waals surface area contributed by atoms with E-state index in [0.717, 1.165) is 6.42 Å². The van der Waals surface area contributed by atoms with Gasteiger partial charge in [-0.1, -0.05) is 18.8 Å². The Morgan fingerprint density at radius 3 is 2.90 bits per heavy atom. The topological polar surface area (TPSA) is 49.3 Å². The highest BCUT2D eigenvalue weighted by Gasteiger charge is 2.11. The van der Waals surface area contributed by atoms with Crippen LogP contribution in [0.5, 0.6) is 0 Å². The van der Waals surface area contributed by atoms with Crippen molar-refractivity contribution in [1.82, 2.24) is 5.32 Å². The van der Waals surface area contributed by atoms with E-state index in [1.54, 1.807) is 17.8 Å². The Bertz CT molecular complexity index is 522. The first-order chi connectivity index (χ1) is 9.58. The number of benzene rings is 1. The molecule has 1 aromatic rings. The van der Waals surface area contributed by atoms with Crippen LogP contribution in [-0.4, -0.2) is 35.7 Å². The van der Waals surface area contributed by atoms with Gasteiger partial charge >= 0.3 is 0 Å². The Morgan fingerprint density at radius 2 is 2.30 bits per heavy atom. The number of nitrogens with one attached hydrogen (secondary N) is 1. The van der Waals surface area contributed by atoms with Crippen molar-refractivity contribution >= 4 is 17.7 Å². The maximum absolute atomic E-state index is 13.8. The molecule has 1 aromatic carbocycles. The lowest BCUT2D eigenvalue weighted by molar-refractivity contribution is 0.0949. The number of thioether (sulfide) groups is 1. The van der Waals surface area contributed by atoms with Crippen molar-refractivity contribution in [2.75, 3.05) is 19.4 Å². The summed E-state index contributed by atoms with van der Waals surface area (Å²) in [5.41, 5.74) is 0.445. The van der Waals surface area contributed by atoms with Gasteiger partial charge in [-0.15, -0.1) is 0 Å². The molecule has 1 amide bonds. The summed E-state index contributed by atoms with van der Waals surface area (Å²) in [5.74, 6) is 4.00. The van der Waals surface area contributed by atoms with Crippen LogP contribution in [0.4, 0.5) is 4.39 Å². The summed E-state index contributed by atoms with van der Waals surface area (Å²) in [6.45, 7) is 2.32. The third kappa shape index (κ3) is 5.24. The zero-order valence-corrected chi connectivity index (χ0v) is 12.4. The van der Waals surface area contributed by atoms with Gasteiger partial charge in [0.1, 0.15) is 12.4 Å². The first-order valence-electron chi connectivity index (χ1n) is 6.28. The number of hydrogen-bond donors (Lipinski definition) is 2. The molecule has 0 aliphatic rings. The standard InChI is InChI=1S/C15H18FNO2S/c1-11(20-2)7-8-17-15(19)13-6-5-12(4-3-9-18)10-14(13)16/h5-6,10-11,18H,7-9H2,1-2H3,(H,17,19). The Labute approximate surface area is 123 Å². The van der Waals surface area contributed by atoms with E-state index < -0.39 is 11.7 Å². The largest absolute Gasteiger partial charge is 0.384 e. The number of carbonyl (C=O) groups excluding carboxylic acids is 1. The lowest BCUT2D eigenvalue weighted by Crippen LogP contribution is -2.26. The molecule has 0 heterocycles. The van der Waals surface area contributed by atoms with E-state index in [4.69, 9.17) is 5.11 Å². The molecule has 1 unspecified atom stereocenters. The van der Waals surface area contributed by atoms with E-state index in [1.165, 1.54) is 12.1 Å². The van der Waals surface area contributed by atoms with Gasteiger partial charge < -0.3 is 10.4 Å². The maximum Gasteiger partial charge on any atom is 0.254 e. The van der Waals surface area contributed by atoms with Crippen molar-refractivity contribution in [3.8, 4) is 11.8 Å². The predicted octanol–water partition coefficient (Wildman–Crippen LogP) is 2.04. The molecule has 0 aliphatic heterocycles. The normalized spacial score (nSPS) is 11.4. The minimum absolute atomic E-state index is 0.0105. The molecule has 0 aromatic heterocycles. The van der Waals surface area contributed by atoms with Gasteiger partial charge in [0.25, 0.3) is 5.91 Å². The predicted molar refractivity (Wildman–Crippen MR) is 80.3 cm³/mol. The summed E-state index contributed by atoms with van der Waals surface area (Å²) < 4.78 is 13.8. The Kier molecular flexibility index (Phi) is 7.13. The van der Waals surface area contributed by atoms with E-state index in [0.29, 0.717) is 17.4 Å². The third-order valence-electron chi connectivity index (χ3n) is 2.76. The monoisotopic (exact) mass is 295 g/mol. The van der Waals surface area contributed by atoms with E-state index in [1.807, 2.05) is 6.26 Å². The summed E-state index contributed by atoms with van der Waals surface area (Å²) >= 11 is 1.72. The quantitative estimate of drug-likeness (QED) is 0.817. The molecule has 0 fully saturated rings. The van der Waals surface area contributed by atoms with Gasteiger partial charge in [-0.05, 0) is 30.9 Å². The summed E-state index contributed by atoms with van der Waals surface area (Å²) in [6.07, 6.45) is 2.85. The van der Waals surface area contributed by atoms with E-state index in [-0.39, 0.29) is 12.2 Å². The van der Waals surface area contributed by atoms with Gasteiger partial charge in [-0.3, -0.25) is 4.79 Å². The zero-order chi connectivity index (χ0) is 15.0. The van der Waals surface area contributed by atoms with E-state index in [2.05, 4.69) is 24.1 Å². The molecule has 1 rings (SSSR count). The van der Waals surface area contributed by atoms with Crippen LogP contribution in [0.2, 0.25) is 0 Å². The Balaban J connectivity index is 2.64. The summed E-state index contributed by atoms with van der Waals surface area (Å²) in [7, 11) is 0. The van der Waals surface area contributed by atoms with Crippen LogP contribution in [0.15, 0.2) is 18.2 Å². The average molecular weight is 295 g/mol. The molecule has 2 N–H and O–H groups in total. The van der Waals surface area contributed by atoms with Gasteiger partial charge in [0.15, 0.2) is 0 Å². The molecule has 20 heavy (non-hydrogen) atoms. The fourth-order valence-electron chi connectivity index (χ4n) is 1.52. The van der Waals surface area contributed by atoms with Crippen LogP contribution in [0.1, 0.15) is 29.3 Å². The Morgan fingerprint density at radius 1 is 1.55 bits per heavy atom. The molecule has 0 saturated heterocycles. The second-order valence-electron chi connectivity index (χ2n) is 4.25. The smallest absolute Gasteiger partial charge is 0.254 e. The number of hydrogen-bond acceptors (Lipinski definition) is 3. The number of amides is 1. The molecule has 0 radical (unpaired) electrons. The van der Waals surface area contributed by atoms with Gasteiger partial charge in [0, 0.05) is 17.4 Å². The molecular formula is C15H18FNO2S. The first kappa shape index (κ1) is 16.5. The second kappa shape index (κ2) is 8.62. The minimum atomic E-state index is -0.606. The first-order valence-corrected chi connectivity index (χ1v) is 7.57. The molecule has 0 spiro atoms. The van der Waals surface area contributed by atoms with Crippen LogP contribution in [-0.2, 0) is 0 Å². The van der Waals surface area contributed by atoms with Crippen LogP contribution < -0.4 is 5.32 Å². The van der Waals surface area contributed by atoms with Crippen molar-refractivity contribution in [3.05, 3.63) is 35.1 Å². The number of halogens is 1. The van der Waals surface area contributed by atoms with E-state index >= 15 is 0 Å². The number of aliphatic hydroxyl groups is 1. The van der Waals surface area contributed by atoms with Crippen LogP contribution in [0.25, 0.3) is 0 Å². The number of rotatable bonds is 5. The van der Waals surface area contributed by atoms with Crippen molar-refractivity contribution in [2.24, 2.45) is 0 Å². The SMILES string of the molecule is CSC(C)CCNC(=O)c1ccc(C#CCO)cc1F. The molecule has 3 nitrogen and oxygen atoms in total. The molecule has 0 saturated carbocycles. The van der Waals surface area contributed by atoms with Crippen molar-refractivity contribution in [2.45, 2.75) is 18.6 Å². The second-order valence-corrected chi connectivity index (χ2v) is 5.52. The van der Waals surface area contributed by atoms with Crippen LogP contribution in [0, 0.1) is 17.7 Å². The van der Waals surface area contributed by atoms with Crippen molar-refractivity contribution in [3.63, 3.8) is 0 Å². The summed E-state index contributed by atoms with van der Waals surface area (Å²) in [5, 5.41) is 11.7. The fraction of sp³-hybridized carbons (Fsp3) is 0.400. The molecule has 108 valence electrons. The third-order valence-corrected chi connectivity index (χ3v) is 3.80. The van der Waals surface area contributed by atoms with Gasteiger partial charge in [-0.2, -0.15) is 11.8 Å².